The molecule has 2 amide bonds. The Morgan fingerprint density at radius 2 is 2.00 bits per heavy atom. The van der Waals surface area contributed by atoms with Crippen molar-refractivity contribution in [3.63, 3.8) is 0 Å². The highest BCUT2D eigenvalue weighted by atomic mass is 16.2. The van der Waals surface area contributed by atoms with Crippen LogP contribution in [0.25, 0.3) is 0 Å². The molecule has 0 spiro atoms. The third kappa shape index (κ3) is 3.46. The molecule has 1 aliphatic heterocycles. The third-order valence-corrected chi connectivity index (χ3v) is 5.46. The minimum Gasteiger partial charge on any atom is -0.348 e. The average Bonchev–Trinajstić information content (AvgIpc) is 3.48. The topological polar surface area (TPSA) is 61.4 Å². The van der Waals surface area contributed by atoms with E-state index >= 15 is 0 Å². The van der Waals surface area contributed by atoms with E-state index < -0.39 is 0 Å². The lowest BCUT2D eigenvalue weighted by molar-refractivity contribution is -0.117. The maximum Gasteiger partial charge on any atom is 0.251 e. The van der Waals surface area contributed by atoms with Crippen LogP contribution in [0.4, 0.5) is 5.69 Å². The van der Waals surface area contributed by atoms with E-state index in [0.717, 1.165) is 32.0 Å². The van der Waals surface area contributed by atoms with Gasteiger partial charge in [-0.2, -0.15) is 0 Å². The fourth-order valence-electron chi connectivity index (χ4n) is 3.61. The second-order valence-electron chi connectivity index (χ2n) is 7.57. The molecule has 1 saturated heterocycles. The summed E-state index contributed by atoms with van der Waals surface area (Å²) in [5.41, 5.74) is 1.32. The molecule has 3 atom stereocenters. The zero-order valence-electron chi connectivity index (χ0n) is 14.1. The van der Waals surface area contributed by atoms with Crippen LogP contribution in [0.15, 0.2) is 24.3 Å². The molecule has 0 bridgehead atoms. The van der Waals surface area contributed by atoms with E-state index in [-0.39, 0.29) is 23.8 Å². The predicted molar refractivity (Wildman–Crippen MR) is 92.8 cm³/mol. The molecule has 2 aliphatic carbocycles. The van der Waals surface area contributed by atoms with E-state index in [2.05, 4.69) is 22.5 Å². The number of anilines is 1. The van der Waals surface area contributed by atoms with Crippen molar-refractivity contribution in [2.24, 2.45) is 11.8 Å². The van der Waals surface area contributed by atoms with Gasteiger partial charge in [0.2, 0.25) is 5.91 Å². The van der Waals surface area contributed by atoms with Crippen LogP contribution < -0.4 is 10.6 Å². The Labute approximate surface area is 142 Å². The van der Waals surface area contributed by atoms with Gasteiger partial charge >= 0.3 is 0 Å². The fourth-order valence-corrected chi connectivity index (χ4v) is 3.61. The first-order chi connectivity index (χ1) is 11.6. The number of benzene rings is 1. The van der Waals surface area contributed by atoms with Gasteiger partial charge in [-0.25, -0.2) is 0 Å². The molecule has 1 aromatic rings. The molecule has 128 valence electrons. The number of hydrogen-bond donors (Lipinski definition) is 2. The standard InChI is InChI=1S/C19H25N3O2/c1-12-9-17(12)19(24)20-14-4-2-3-13(10-14)18(23)21-15-7-8-22(11-15)16-5-6-16/h2-4,10,12,15-17H,5-9,11H2,1H3,(H,20,24)(H,21,23)/t12-,15+,17+/m1/s1. The summed E-state index contributed by atoms with van der Waals surface area (Å²) in [7, 11) is 0. The molecule has 4 rings (SSSR count). The summed E-state index contributed by atoms with van der Waals surface area (Å²) in [6.45, 7) is 4.14. The van der Waals surface area contributed by atoms with E-state index in [9.17, 15) is 9.59 Å². The lowest BCUT2D eigenvalue weighted by Gasteiger charge is -2.16. The molecule has 5 nitrogen and oxygen atoms in total. The van der Waals surface area contributed by atoms with Gasteiger partial charge in [0.25, 0.3) is 5.91 Å². The predicted octanol–water partition coefficient (Wildman–Crippen LogP) is 2.25. The molecule has 1 heterocycles. The normalized spacial score (nSPS) is 29.3. The number of carbonyl (C=O) groups excluding carboxylic acids is 2. The van der Waals surface area contributed by atoms with Gasteiger partial charge in [-0.3, -0.25) is 14.5 Å². The Balaban J connectivity index is 1.34. The molecule has 0 radical (unpaired) electrons. The van der Waals surface area contributed by atoms with Crippen LogP contribution in [0, 0.1) is 11.8 Å². The van der Waals surface area contributed by atoms with Crippen LogP contribution in [0.5, 0.6) is 0 Å². The quantitative estimate of drug-likeness (QED) is 0.872. The van der Waals surface area contributed by atoms with Crippen molar-refractivity contribution in [2.45, 2.75) is 44.7 Å². The lowest BCUT2D eigenvalue weighted by atomic mass is 10.1. The molecular weight excluding hydrogens is 302 g/mol. The summed E-state index contributed by atoms with van der Waals surface area (Å²) in [6.07, 6.45) is 4.60. The first-order valence-electron chi connectivity index (χ1n) is 9.06. The summed E-state index contributed by atoms with van der Waals surface area (Å²) < 4.78 is 0. The summed E-state index contributed by atoms with van der Waals surface area (Å²) >= 11 is 0. The highest BCUT2D eigenvalue weighted by Gasteiger charge is 2.39. The van der Waals surface area contributed by atoms with E-state index in [1.165, 1.54) is 12.8 Å². The van der Waals surface area contributed by atoms with Crippen LogP contribution in [-0.4, -0.2) is 41.9 Å². The summed E-state index contributed by atoms with van der Waals surface area (Å²) in [4.78, 5) is 27.0. The molecule has 3 fully saturated rings. The largest absolute Gasteiger partial charge is 0.348 e. The third-order valence-electron chi connectivity index (χ3n) is 5.46. The van der Waals surface area contributed by atoms with Gasteiger partial charge < -0.3 is 10.6 Å². The number of likely N-dealkylation sites (tertiary alicyclic amines) is 1. The molecular formula is C19H25N3O2. The van der Waals surface area contributed by atoms with Gasteiger partial charge in [0, 0.05) is 42.3 Å². The zero-order valence-corrected chi connectivity index (χ0v) is 14.1. The summed E-state index contributed by atoms with van der Waals surface area (Å²) in [5.74, 6) is 0.632. The molecule has 0 aromatic heterocycles. The van der Waals surface area contributed by atoms with Gasteiger partial charge in [-0.05, 0) is 49.8 Å². The summed E-state index contributed by atoms with van der Waals surface area (Å²) in [6, 6.07) is 8.24. The number of nitrogens with one attached hydrogen (secondary N) is 2. The van der Waals surface area contributed by atoms with Crippen molar-refractivity contribution < 1.29 is 9.59 Å². The number of amides is 2. The monoisotopic (exact) mass is 327 g/mol. The van der Waals surface area contributed by atoms with Gasteiger partial charge in [-0.15, -0.1) is 0 Å². The Morgan fingerprint density at radius 3 is 2.71 bits per heavy atom. The van der Waals surface area contributed by atoms with Crippen LogP contribution in [-0.2, 0) is 4.79 Å². The van der Waals surface area contributed by atoms with Crippen molar-refractivity contribution in [1.29, 1.82) is 0 Å². The molecule has 2 N–H and O–H groups in total. The molecule has 24 heavy (non-hydrogen) atoms. The highest BCUT2D eigenvalue weighted by molar-refractivity contribution is 5.98. The molecule has 2 saturated carbocycles. The zero-order chi connectivity index (χ0) is 16.7. The first-order valence-corrected chi connectivity index (χ1v) is 9.06. The molecule has 5 heteroatoms. The van der Waals surface area contributed by atoms with Crippen molar-refractivity contribution >= 4 is 17.5 Å². The van der Waals surface area contributed by atoms with Crippen LogP contribution in [0.2, 0.25) is 0 Å². The van der Waals surface area contributed by atoms with E-state index in [4.69, 9.17) is 0 Å². The van der Waals surface area contributed by atoms with Crippen molar-refractivity contribution in [2.75, 3.05) is 18.4 Å². The molecule has 1 aromatic carbocycles. The van der Waals surface area contributed by atoms with Gasteiger partial charge in [0.05, 0.1) is 0 Å². The van der Waals surface area contributed by atoms with E-state index in [0.29, 0.717) is 17.2 Å². The fraction of sp³-hybridized carbons (Fsp3) is 0.579. The van der Waals surface area contributed by atoms with Crippen LogP contribution in [0.1, 0.15) is 43.0 Å². The number of carbonyl (C=O) groups is 2. The van der Waals surface area contributed by atoms with Gasteiger partial charge in [-0.1, -0.05) is 13.0 Å². The Bertz CT molecular complexity index is 656. The summed E-state index contributed by atoms with van der Waals surface area (Å²) in [5, 5.41) is 6.06. The molecule has 0 unspecified atom stereocenters. The van der Waals surface area contributed by atoms with E-state index in [1.54, 1.807) is 12.1 Å². The van der Waals surface area contributed by atoms with Gasteiger partial charge in [0.15, 0.2) is 0 Å². The number of rotatable bonds is 5. The molecule has 3 aliphatic rings. The maximum atomic E-state index is 12.5. The average molecular weight is 327 g/mol. The minimum absolute atomic E-state index is 0.0477. The Hall–Kier alpha value is -1.88. The Kier molecular flexibility index (Phi) is 4.04. The SMILES string of the molecule is C[C@@H]1C[C@@H]1C(=O)Nc1cccc(C(=O)N[C@H]2CCN(C3CC3)C2)c1. The lowest BCUT2D eigenvalue weighted by Crippen LogP contribution is -2.37. The van der Waals surface area contributed by atoms with Crippen LogP contribution >= 0.6 is 0 Å². The van der Waals surface area contributed by atoms with Gasteiger partial charge in [0.1, 0.15) is 0 Å². The minimum atomic E-state index is -0.0477. The Morgan fingerprint density at radius 1 is 1.21 bits per heavy atom. The highest BCUT2D eigenvalue weighted by Crippen LogP contribution is 2.38. The van der Waals surface area contributed by atoms with Crippen LogP contribution in [0.3, 0.4) is 0 Å². The van der Waals surface area contributed by atoms with Crippen molar-refractivity contribution in [1.82, 2.24) is 10.2 Å². The number of nitrogens with zero attached hydrogens (tertiary/aromatic N) is 1. The second-order valence-corrected chi connectivity index (χ2v) is 7.57. The second kappa shape index (κ2) is 6.20. The van der Waals surface area contributed by atoms with Crippen molar-refractivity contribution in [3.8, 4) is 0 Å². The number of hydrogen-bond acceptors (Lipinski definition) is 3. The maximum absolute atomic E-state index is 12.5. The first kappa shape index (κ1) is 15.6. The van der Waals surface area contributed by atoms with E-state index in [1.807, 2.05) is 12.1 Å². The van der Waals surface area contributed by atoms with Crippen molar-refractivity contribution in [3.05, 3.63) is 29.8 Å². The smallest absolute Gasteiger partial charge is 0.251 e.